The summed E-state index contributed by atoms with van der Waals surface area (Å²) in [5.74, 6) is 1.31. The fourth-order valence-corrected chi connectivity index (χ4v) is 7.44. The van der Waals surface area contributed by atoms with Crippen molar-refractivity contribution in [3.63, 3.8) is 0 Å². The Morgan fingerprint density at radius 3 is 2.66 bits per heavy atom. The van der Waals surface area contributed by atoms with Crippen LogP contribution in [0.15, 0.2) is 48.1 Å². The molecule has 0 saturated carbocycles. The maximum Gasteiger partial charge on any atom is 0.228 e. The summed E-state index contributed by atoms with van der Waals surface area (Å²) in [6.45, 7) is 6.00. The maximum atomic E-state index is 12.3. The summed E-state index contributed by atoms with van der Waals surface area (Å²) >= 11 is 1.55. The SMILES string of the molecule is CCS(=O)(=O)N1CC(CC#N)(n2cc(-c3nc(Nc4ccc(OCCN5CCCC5)cc4)nc4ccsc34)cn2)C1. The van der Waals surface area contributed by atoms with Crippen LogP contribution in [0.2, 0.25) is 0 Å². The van der Waals surface area contributed by atoms with Gasteiger partial charge in [-0.3, -0.25) is 9.58 Å². The van der Waals surface area contributed by atoms with Crippen LogP contribution < -0.4 is 10.1 Å². The van der Waals surface area contributed by atoms with Gasteiger partial charge in [-0.25, -0.2) is 18.4 Å². The first-order valence-corrected chi connectivity index (χ1v) is 16.3. The van der Waals surface area contributed by atoms with Crippen LogP contribution in [0.3, 0.4) is 0 Å². The highest BCUT2D eigenvalue weighted by molar-refractivity contribution is 7.89. The van der Waals surface area contributed by atoms with Crippen LogP contribution in [0.1, 0.15) is 26.2 Å². The molecule has 11 nitrogen and oxygen atoms in total. The number of nitrogens with one attached hydrogen (secondary N) is 1. The first kappa shape index (κ1) is 27.6. The number of sulfonamides is 1. The Morgan fingerprint density at radius 2 is 1.93 bits per heavy atom. The summed E-state index contributed by atoms with van der Waals surface area (Å²) < 4.78 is 34.7. The predicted molar refractivity (Wildman–Crippen MR) is 159 cm³/mol. The van der Waals surface area contributed by atoms with Crippen molar-refractivity contribution in [2.45, 2.75) is 31.7 Å². The lowest BCUT2D eigenvalue weighted by Crippen LogP contribution is -2.64. The lowest BCUT2D eigenvalue weighted by molar-refractivity contribution is 0.0719. The summed E-state index contributed by atoms with van der Waals surface area (Å²) in [5.41, 5.74) is 2.46. The molecule has 1 aromatic carbocycles. The summed E-state index contributed by atoms with van der Waals surface area (Å²) in [6.07, 6.45) is 6.28. The molecular weight excluding hydrogens is 560 g/mol. The topological polar surface area (TPSA) is 129 Å². The zero-order valence-corrected chi connectivity index (χ0v) is 24.5. The van der Waals surface area contributed by atoms with E-state index in [1.807, 2.05) is 41.9 Å². The molecular formula is C28H32N8O3S2. The van der Waals surface area contributed by atoms with Crippen LogP contribution in [0.4, 0.5) is 11.6 Å². The van der Waals surface area contributed by atoms with Crippen molar-refractivity contribution in [1.29, 1.82) is 5.26 Å². The molecule has 6 rings (SSSR count). The number of ether oxygens (including phenoxy) is 1. The Kier molecular flexibility index (Phi) is 7.65. The normalized spacial score (nSPS) is 17.4. The summed E-state index contributed by atoms with van der Waals surface area (Å²) in [6, 6.07) is 11.9. The number of nitriles is 1. The van der Waals surface area contributed by atoms with Gasteiger partial charge in [0.1, 0.15) is 17.9 Å². The van der Waals surface area contributed by atoms with E-state index in [2.05, 4.69) is 21.4 Å². The highest BCUT2D eigenvalue weighted by atomic mass is 32.2. The standard InChI is InChI=1S/C28H32N8O3S2/c1-2-41(37,38)35-19-28(20-35,10-11-29)36-18-21(17-30-36)25-26-24(9-16-40-26)32-27(33-25)31-22-5-7-23(8-6-22)39-15-14-34-12-3-4-13-34/h5-9,16-18H,2-4,10,12-15,19-20H2,1H3,(H,31,32,33). The molecule has 214 valence electrons. The van der Waals surface area contributed by atoms with Crippen molar-refractivity contribution in [1.82, 2.24) is 29.0 Å². The van der Waals surface area contributed by atoms with E-state index in [0.717, 1.165) is 52.5 Å². The van der Waals surface area contributed by atoms with Gasteiger partial charge in [0.2, 0.25) is 16.0 Å². The van der Waals surface area contributed by atoms with Crippen LogP contribution in [-0.2, 0) is 15.6 Å². The molecule has 2 saturated heterocycles. The Hall–Kier alpha value is -3.57. The third-order valence-electron chi connectivity index (χ3n) is 7.74. The molecule has 2 aliphatic heterocycles. The van der Waals surface area contributed by atoms with Crippen molar-refractivity contribution >= 4 is 43.2 Å². The van der Waals surface area contributed by atoms with E-state index < -0.39 is 15.6 Å². The van der Waals surface area contributed by atoms with E-state index >= 15 is 0 Å². The fourth-order valence-electron chi connectivity index (χ4n) is 5.36. The number of thiophene rings is 1. The van der Waals surface area contributed by atoms with E-state index in [-0.39, 0.29) is 25.3 Å². The van der Waals surface area contributed by atoms with Gasteiger partial charge in [0.15, 0.2) is 0 Å². The van der Waals surface area contributed by atoms with Crippen molar-refractivity contribution in [2.75, 3.05) is 50.4 Å². The highest BCUT2D eigenvalue weighted by Gasteiger charge is 2.49. The van der Waals surface area contributed by atoms with Crippen LogP contribution in [0.5, 0.6) is 5.75 Å². The molecule has 2 aliphatic rings. The molecule has 0 bridgehead atoms. The van der Waals surface area contributed by atoms with E-state index in [9.17, 15) is 13.7 Å². The third-order valence-corrected chi connectivity index (χ3v) is 10.4. The number of hydrogen-bond donors (Lipinski definition) is 1. The van der Waals surface area contributed by atoms with Gasteiger partial charge in [0, 0.05) is 37.1 Å². The molecule has 4 aromatic rings. The second kappa shape index (κ2) is 11.4. The Bertz CT molecular complexity index is 1660. The molecule has 2 fully saturated rings. The molecule has 0 radical (unpaired) electrons. The predicted octanol–water partition coefficient (Wildman–Crippen LogP) is 4.05. The molecule has 0 amide bonds. The van der Waals surface area contributed by atoms with E-state index in [4.69, 9.17) is 14.7 Å². The number of anilines is 2. The van der Waals surface area contributed by atoms with Crippen LogP contribution in [-0.4, -0.2) is 82.5 Å². The largest absolute Gasteiger partial charge is 0.492 e. The van der Waals surface area contributed by atoms with Crippen molar-refractivity contribution in [3.8, 4) is 23.1 Å². The number of benzene rings is 1. The average molecular weight is 593 g/mol. The number of nitrogens with zero attached hydrogens (tertiary/aromatic N) is 7. The molecule has 13 heteroatoms. The Balaban J connectivity index is 1.19. The molecule has 0 aliphatic carbocycles. The van der Waals surface area contributed by atoms with E-state index in [0.29, 0.717) is 12.6 Å². The average Bonchev–Trinajstić information content (AvgIpc) is 3.73. The number of likely N-dealkylation sites (tertiary alicyclic amines) is 1. The molecule has 5 heterocycles. The van der Waals surface area contributed by atoms with Gasteiger partial charge in [-0.05, 0) is 68.6 Å². The summed E-state index contributed by atoms with van der Waals surface area (Å²) in [5, 5.41) is 19.3. The minimum atomic E-state index is -3.33. The van der Waals surface area contributed by atoms with E-state index in [1.54, 1.807) is 29.1 Å². The lowest BCUT2D eigenvalue weighted by Gasteiger charge is -2.47. The zero-order chi connectivity index (χ0) is 28.5. The lowest BCUT2D eigenvalue weighted by atomic mass is 9.89. The maximum absolute atomic E-state index is 12.3. The number of aromatic nitrogens is 4. The monoisotopic (exact) mass is 592 g/mol. The molecule has 41 heavy (non-hydrogen) atoms. The van der Waals surface area contributed by atoms with Gasteiger partial charge in [-0.1, -0.05) is 0 Å². The smallest absolute Gasteiger partial charge is 0.228 e. The Labute approximate surface area is 243 Å². The fraction of sp³-hybridized carbons (Fsp3) is 0.429. The quantitative estimate of drug-likeness (QED) is 0.274. The van der Waals surface area contributed by atoms with Crippen molar-refractivity contribution in [2.24, 2.45) is 0 Å². The number of hydrogen-bond acceptors (Lipinski definition) is 10. The second-order valence-electron chi connectivity index (χ2n) is 10.5. The van der Waals surface area contributed by atoms with Gasteiger partial charge >= 0.3 is 0 Å². The van der Waals surface area contributed by atoms with Gasteiger partial charge in [0.25, 0.3) is 0 Å². The van der Waals surface area contributed by atoms with Crippen LogP contribution in [0, 0.1) is 11.3 Å². The number of fused-ring (bicyclic) bond motifs is 1. The summed E-state index contributed by atoms with van der Waals surface area (Å²) in [7, 11) is -3.33. The number of rotatable bonds is 11. The van der Waals surface area contributed by atoms with Gasteiger partial charge in [-0.2, -0.15) is 14.7 Å². The van der Waals surface area contributed by atoms with Crippen molar-refractivity contribution < 1.29 is 13.2 Å². The first-order valence-electron chi connectivity index (χ1n) is 13.8. The highest BCUT2D eigenvalue weighted by Crippen LogP contribution is 2.37. The molecule has 0 unspecified atom stereocenters. The minimum absolute atomic E-state index is 0.0293. The minimum Gasteiger partial charge on any atom is -0.492 e. The molecule has 0 atom stereocenters. The molecule has 3 aromatic heterocycles. The second-order valence-corrected chi connectivity index (χ2v) is 13.7. The van der Waals surface area contributed by atoms with Gasteiger partial charge in [-0.15, -0.1) is 11.3 Å². The Morgan fingerprint density at radius 1 is 1.15 bits per heavy atom. The zero-order valence-electron chi connectivity index (χ0n) is 22.9. The van der Waals surface area contributed by atoms with Crippen molar-refractivity contribution in [3.05, 3.63) is 48.1 Å². The van der Waals surface area contributed by atoms with E-state index in [1.165, 1.54) is 17.1 Å². The molecule has 1 N–H and O–H groups in total. The van der Waals surface area contributed by atoms with Crippen LogP contribution in [0.25, 0.3) is 21.5 Å². The first-order chi connectivity index (χ1) is 19.9. The van der Waals surface area contributed by atoms with Gasteiger partial charge in [0.05, 0.1) is 40.4 Å². The van der Waals surface area contributed by atoms with Crippen LogP contribution >= 0.6 is 11.3 Å². The summed E-state index contributed by atoms with van der Waals surface area (Å²) in [4.78, 5) is 12.0. The third kappa shape index (κ3) is 5.65. The molecule has 0 spiro atoms. The van der Waals surface area contributed by atoms with Gasteiger partial charge < -0.3 is 10.1 Å².